The molecule has 1 unspecified atom stereocenters. The molecule has 0 radical (unpaired) electrons. The summed E-state index contributed by atoms with van der Waals surface area (Å²) in [5.74, 6) is 0. The summed E-state index contributed by atoms with van der Waals surface area (Å²) in [6.07, 6.45) is 7.35. The van der Waals surface area contributed by atoms with Crippen LogP contribution in [0.2, 0.25) is 5.02 Å². The zero-order chi connectivity index (χ0) is 14.5. The first-order valence-electron chi connectivity index (χ1n) is 6.92. The zero-order valence-corrected chi connectivity index (χ0v) is 12.9. The SMILES string of the molecule is CNC(CCc1cccnc1)c1c(Cl)cnn1C(C)C. The molecule has 0 aliphatic rings. The lowest BCUT2D eigenvalue weighted by atomic mass is 10.0. The first-order valence-corrected chi connectivity index (χ1v) is 7.30. The Kier molecular flexibility index (Phi) is 5.15. The van der Waals surface area contributed by atoms with Gasteiger partial charge in [0, 0.05) is 18.4 Å². The summed E-state index contributed by atoms with van der Waals surface area (Å²) in [6, 6.07) is 4.55. The Labute approximate surface area is 125 Å². The van der Waals surface area contributed by atoms with Crippen LogP contribution in [0.15, 0.2) is 30.7 Å². The van der Waals surface area contributed by atoms with Gasteiger partial charge in [-0.1, -0.05) is 17.7 Å². The van der Waals surface area contributed by atoms with Gasteiger partial charge in [-0.25, -0.2) is 0 Å². The van der Waals surface area contributed by atoms with Crippen molar-refractivity contribution in [3.63, 3.8) is 0 Å². The smallest absolute Gasteiger partial charge is 0.0834 e. The molecular weight excluding hydrogens is 272 g/mol. The second-order valence-electron chi connectivity index (χ2n) is 5.16. The van der Waals surface area contributed by atoms with E-state index in [9.17, 15) is 0 Å². The number of hydrogen-bond donors (Lipinski definition) is 1. The Bertz CT molecular complexity index is 536. The predicted molar refractivity (Wildman–Crippen MR) is 82.0 cm³/mol. The highest BCUT2D eigenvalue weighted by atomic mass is 35.5. The Morgan fingerprint density at radius 2 is 2.15 bits per heavy atom. The molecule has 20 heavy (non-hydrogen) atoms. The second-order valence-corrected chi connectivity index (χ2v) is 5.56. The zero-order valence-electron chi connectivity index (χ0n) is 12.2. The Morgan fingerprint density at radius 1 is 1.35 bits per heavy atom. The van der Waals surface area contributed by atoms with Gasteiger partial charge in [0.05, 0.1) is 23.0 Å². The summed E-state index contributed by atoms with van der Waals surface area (Å²) in [5, 5.41) is 8.44. The number of aromatic nitrogens is 3. The second kappa shape index (κ2) is 6.86. The van der Waals surface area contributed by atoms with Gasteiger partial charge < -0.3 is 5.32 Å². The topological polar surface area (TPSA) is 42.7 Å². The van der Waals surface area contributed by atoms with Crippen LogP contribution in [0.25, 0.3) is 0 Å². The number of nitrogens with zero attached hydrogens (tertiary/aromatic N) is 3. The summed E-state index contributed by atoms with van der Waals surface area (Å²) in [4.78, 5) is 4.15. The molecule has 0 aromatic carbocycles. The lowest BCUT2D eigenvalue weighted by molar-refractivity contribution is 0.447. The molecule has 1 atom stereocenters. The molecule has 0 fully saturated rings. The largest absolute Gasteiger partial charge is 0.312 e. The first-order chi connectivity index (χ1) is 9.63. The van der Waals surface area contributed by atoms with Crippen molar-refractivity contribution in [1.29, 1.82) is 0 Å². The summed E-state index contributed by atoms with van der Waals surface area (Å²) in [5.41, 5.74) is 2.30. The van der Waals surface area contributed by atoms with E-state index in [2.05, 4.69) is 35.3 Å². The molecule has 0 saturated heterocycles. The van der Waals surface area contributed by atoms with E-state index in [1.807, 2.05) is 24.0 Å². The summed E-state index contributed by atoms with van der Waals surface area (Å²) in [7, 11) is 1.96. The fourth-order valence-electron chi connectivity index (χ4n) is 2.36. The molecule has 0 aliphatic heterocycles. The number of pyridine rings is 1. The van der Waals surface area contributed by atoms with Crippen LogP contribution in [0.3, 0.4) is 0 Å². The van der Waals surface area contributed by atoms with Crippen molar-refractivity contribution in [2.24, 2.45) is 0 Å². The normalized spacial score (nSPS) is 12.8. The molecule has 4 nitrogen and oxygen atoms in total. The van der Waals surface area contributed by atoms with Crippen LogP contribution in [0.4, 0.5) is 0 Å². The third-order valence-electron chi connectivity index (χ3n) is 3.40. The van der Waals surface area contributed by atoms with Crippen molar-refractivity contribution in [3.8, 4) is 0 Å². The highest BCUT2D eigenvalue weighted by Gasteiger charge is 2.20. The minimum absolute atomic E-state index is 0.188. The van der Waals surface area contributed by atoms with Crippen LogP contribution in [0, 0.1) is 0 Å². The maximum Gasteiger partial charge on any atom is 0.0834 e. The molecule has 0 saturated carbocycles. The molecule has 1 N–H and O–H groups in total. The monoisotopic (exact) mass is 292 g/mol. The summed E-state index contributed by atoms with van der Waals surface area (Å²) in [6.45, 7) is 4.22. The molecule has 2 aromatic rings. The molecule has 2 rings (SSSR count). The van der Waals surface area contributed by atoms with E-state index in [1.54, 1.807) is 12.4 Å². The van der Waals surface area contributed by atoms with Crippen LogP contribution in [-0.4, -0.2) is 21.8 Å². The average Bonchev–Trinajstić information content (AvgIpc) is 2.83. The van der Waals surface area contributed by atoms with Crippen LogP contribution in [0.5, 0.6) is 0 Å². The van der Waals surface area contributed by atoms with E-state index < -0.39 is 0 Å². The van der Waals surface area contributed by atoms with Crippen molar-refractivity contribution in [3.05, 3.63) is 47.0 Å². The van der Waals surface area contributed by atoms with E-state index in [0.29, 0.717) is 6.04 Å². The van der Waals surface area contributed by atoms with Crippen LogP contribution >= 0.6 is 11.6 Å². The molecule has 0 amide bonds. The van der Waals surface area contributed by atoms with E-state index in [1.165, 1.54) is 5.56 Å². The van der Waals surface area contributed by atoms with Gasteiger partial charge in [-0.3, -0.25) is 9.67 Å². The summed E-state index contributed by atoms with van der Waals surface area (Å²) < 4.78 is 1.99. The van der Waals surface area contributed by atoms with Gasteiger partial charge in [-0.2, -0.15) is 5.10 Å². The van der Waals surface area contributed by atoms with E-state index in [0.717, 1.165) is 23.6 Å². The molecule has 2 heterocycles. The third kappa shape index (κ3) is 3.38. The molecule has 0 aliphatic carbocycles. The highest BCUT2D eigenvalue weighted by Crippen LogP contribution is 2.28. The van der Waals surface area contributed by atoms with E-state index >= 15 is 0 Å². The molecule has 0 bridgehead atoms. The van der Waals surface area contributed by atoms with Crippen molar-refractivity contribution in [2.75, 3.05) is 7.05 Å². The lowest BCUT2D eigenvalue weighted by Crippen LogP contribution is -2.22. The molecular formula is C15H21ClN4. The van der Waals surface area contributed by atoms with Gasteiger partial charge in [0.1, 0.15) is 0 Å². The van der Waals surface area contributed by atoms with E-state index in [-0.39, 0.29) is 6.04 Å². The highest BCUT2D eigenvalue weighted by molar-refractivity contribution is 6.31. The lowest BCUT2D eigenvalue weighted by Gasteiger charge is -2.20. The van der Waals surface area contributed by atoms with Crippen molar-refractivity contribution in [2.45, 2.75) is 38.8 Å². The van der Waals surface area contributed by atoms with Crippen molar-refractivity contribution in [1.82, 2.24) is 20.1 Å². The van der Waals surface area contributed by atoms with Gasteiger partial charge in [-0.05, 0) is 45.4 Å². The fraction of sp³-hybridized carbons (Fsp3) is 0.467. The maximum absolute atomic E-state index is 6.31. The average molecular weight is 293 g/mol. The van der Waals surface area contributed by atoms with Crippen LogP contribution in [-0.2, 0) is 6.42 Å². The van der Waals surface area contributed by atoms with Gasteiger partial charge in [0.25, 0.3) is 0 Å². The van der Waals surface area contributed by atoms with Crippen molar-refractivity contribution < 1.29 is 0 Å². The number of nitrogens with one attached hydrogen (secondary N) is 1. The first kappa shape index (κ1) is 15.0. The Morgan fingerprint density at radius 3 is 2.75 bits per heavy atom. The number of halogens is 1. The van der Waals surface area contributed by atoms with Gasteiger partial charge in [0.2, 0.25) is 0 Å². The summed E-state index contributed by atoms with van der Waals surface area (Å²) >= 11 is 6.31. The molecule has 108 valence electrons. The number of rotatable bonds is 6. The quantitative estimate of drug-likeness (QED) is 0.887. The molecule has 2 aromatic heterocycles. The maximum atomic E-state index is 6.31. The van der Waals surface area contributed by atoms with Gasteiger partial charge in [0.15, 0.2) is 0 Å². The van der Waals surface area contributed by atoms with Gasteiger partial charge >= 0.3 is 0 Å². The van der Waals surface area contributed by atoms with Gasteiger partial charge in [-0.15, -0.1) is 0 Å². The fourth-order valence-corrected chi connectivity index (χ4v) is 2.62. The number of aryl methyl sites for hydroxylation is 1. The minimum atomic E-state index is 0.188. The Hall–Kier alpha value is -1.39. The third-order valence-corrected chi connectivity index (χ3v) is 3.69. The van der Waals surface area contributed by atoms with E-state index in [4.69, 9.17) is 11.6 Å². The number of hydrogen-bond acceptors (Lipinski definition) is 3. The van der Waals surface area contributed by atoms with Crippen LogP contribution < -0.4 is 5.32 Å². The molecule has 0 spiro atoms. The van der Waals surface area contributed by atoms with Crippen molar-refractivity contribution >= 4 is 11.6 Å². The van der Waals surface area contributed by atoms with Crippen LogP contribution in [0.1, 0.15) is 43.6 Å². The predicted octanol–water partition coefficient (Wildman–Crippen LogP) is 3.41. The standard InChI is InChI=1S/C15H21ClN4/c1-11(2)20-15(13(16)10-19-20)14(17-3)7-6-12-5-4-8-18-9-12/h4-5,8-11,14,17H,6-7H2,1-3H3. The molecule has 5 heteroatoms. The minimum Gasteiger partial charge on any atom is -0.312 e. The Balaban J connectivity index is 2.14.